The lowest BCUT2D eigenvalue weighted by molar-refractivity contribution is -0.0917. The predicted molar refractivity (Wildman–Crippen MR) is 115 cm³/mol. The summed E-state index contributed by atoms with van der Waals surface area (Å²) in [6.45, 7) is 2.45. The molecule has 32 heavy (non-hydrogen) atoms. The number of amides is 2. The van der Waals surface area contributed by atoms with Crippen molar-refractivity contribution in [2.75, 3.05) is 32.7 Å². The van der Waals surface area contributed by atoms with Crippen LogP contribution in [0.5, 0.6) is 0 Å². The van der Waals surface area contributed by atoms with Crippen LogP contribution in [0, 0.1) is 0 Å². The van der Waals surface area contributed by atoms with Gasteiger partial charge in [-0.1, -0.05) is 24.3 Å². The van der Waals surface area contributed by atoms with Gasteiger partial charge in [-0.15, -0.1) is 0 Å². The minimum Gasteiger partial charge on any atom is -0.478 e. The molecule has 8 nitrogen and oxygen atoms in total. The topological polar surface area (TPSA) is 101 Å². The lowest BCUT2D eigenvalue weighted by atomic mass is 9.83. The number of fused-ring (bicyclic) bond motifs is 2. The fraction of sp³-hybridized carbons (Fsp3) is 0.375. The Morgan fingerprint density at radius 1 is 0.812 bits per heavy atom. The maximum Gasteiger partial charge on any atom is 0.335 e. The van der Waals surface area contributed by atoms with Gasteiger partial charge in [0.1, 0.15) is 0 Å². The zero-order valence-electron chi connectivity index (χ0n) is 17.6. The number of likely N-dealkylation sites (tertiary alicyclic amines) is 1. The van der Waals surface area contributed by atoms with E-state index in [1.54, 1.807) is 29.2 Å². The molecule has 3 aliphatic heterocycles. The molecule has 3 fully saturated rings. The van der Waals surface area contributed by atoms with Crippen LogP contribution in [0.2, 0.25) is 0 Å². The maximum atomic E-state index is 13.1. The van der Waals surface area contributed by atoms with E-state index in [1.807, 2.05) is 23.1 Å². The van der Waals surface area contributed by atoms with Crippen LogP contribution in [-0.2, 0) is 0 Å². The minimum absolute atomic E-state index is 0.0371. The lowest BCUT2D eigenvalue weighted by Crippen LogP contribution is -2.79. The van der Waals surface area contributed by atoms with Crippen molar-refractivity contribution >= 4 is 17.8 Å². The number of benzene rings is 2. The molecule has 0 aromatic heterocycles. The van der Waals surface area contributed by atoms with Gasteiger partial charge in [-0.05, 0) is 36.8 Å². The number of carboxylic acid groups (broad SMARTS) is 1. The van der Waals surface area contributed by atoms with E-state index in [4.69, 9.17) is 0 Å². The largest absolute Gasteiger partial charge is 0.478 e. The first-order valence-electron chi connectivity index (χ1n) is 10.8. The first-order valence-corrected chi connectivity index (χ1v) is 10.8. The molecule has 8 heteroatoms. The number of β-amino-alcohol motifs (C(OH)–C–C–N with tert-alkyl or cyclic N) is 1. The third-order valence-electron chi connectivity index (χ3n) is 6.84. The average molecular weight is 435 g/mol. The van der Waals surface area contributed by atoms with Gasteiger partial charge in [0.05, 0.1) is 17.2 Å². The average Bonchev–Trinajstić information content (AvgIpc) is 3.17. The van der Waals surface area contributed by atoms with Gasteiger partial charge in [0, 0.05) is 49.9 Å². The Morgan fingerprint density at radius 2 is 1.44 bits per heavy atom. The summed E-state index contributed by atoms with van der Waals surface area (Å²) in [6, 6.07) is 15.3. The van der Waals surface area contributed by atoms with Crippen LogP contribution in [-0.4, -0.2) is 93.1 Å². The van der Waals surface area contributed by atoms with Crippen molar-refractivity contribution in [3.63, 3.8) is 0 Å². The smallest absolute Gasteiger partial charge is 0.335 e. The van der Waals surface area contributed by atoms with Crippen molar-refractivity contribution < 1.29 is 24.6 Å². The molecule has 0 radical (unpaired) electrons. The summed E-state index contributed by atoms with van der Waals surface area (Å²) in [4.78, 5) is 43.2. The van der Waals surface area contributed by atoms with E-state index in [0.29, 0.717) is 50.3 Å². The third kappa shape index (κ3) is 3.45. The molecule has 0 bridgehead atoms. The number of carboxylic acids is 1. The number of aliphatic hydroxyl groups excluding tert-OH is 1. The number of aromatic carboxylic acids is 1. The van der Waals surface area contributed by atoms with Crippen molar-refractivity contribution in [1.82, 2.24) is 14.7 Å². The fourth-order valence-corrected chi connectivity index (χ4v) is 5.39. The summed E-state index contributed by atoms with van der Waals surface area (Å²) < 4.78 is 0. The summed E-state index contributed by atoms with van der Waals surface area (Å²) in [5.41, 5.74) is 0.648. The molecule has 2 aromatic rings. The summed E-state index contributed by atoms with van der Waals surface area (Å²) in [5.74, 6) is -1.33. The van der Waals surface area contributed by atoms with Crippen molar-refractivity contribution in [3.8, 4) is 0 Å². The van der Waals surface area contributed by atoms with E-state index in [9.17, 15) is 24.6 Å². The van der Waals surface area contributed by atoms with Gasteiger partial charge in [-0.3, -0.25) is 14.5 Å². The number of carbonyl (C=O) groups excluding carboxylic acids is 2. The third-order valence-corrected chi connectivity index (χ3v) is 6.84. The van der Waals surface area contributed by atoms with Crippen LogP contribution in [0.15, 0.2) is 54.6 Å². The highest BCUT2D eigenvalue weighted by atomic mass is 16.4. The second-order valence-electron chi connectivity index (χ2n) is 9.02. The number of piperazine rings is 1. The molecule has 3 aliphatic rings. The van der Waals surface area contributed by atoms with E-state index in [1.165, 1.54) is 12.1 Å². The summed E-state index contributed by atoms with van der Waals surface area (Å²) in [5, 5.41) is 19.5. The number of rotatable bonds is 3. The predicted octanol–water partition coefficient (Wildman–Crippen LogP) is 1.17. The van der Waals surface area contributed by atoms with Crippen LogP contribution in [0.25, 0.3) is 0 Å². The van der Waals surface area contributed by atoms with Crippen LogP contribution < -0.4 is 0 Å². The SMILES string of the molecule is O=C(O)c1cccc(C(=O)N2CC3(CN(C(=O)c4ccccc4)CC4CC(O)CN43)C2)c1. The Balaban J connectivity index is 1.36. The highest BCUT2D eigenvalue weighted by Gasteiger charge is 2.57. The molecule has 2 aromatic carbocycles. The molecule has 0 aliphatic carbocycles. The van der Waals surface area contributed by atoms with Crippen molar-refractivity contribution in [2.24, 2.45) is 0 Å². The van der Waals surface area contributed by atoms with Gasteiger partial charge in [0.25, 0.3) is 11.8 Å². The molecule has 0 saturated carbocycles. The fourth-order valence-electron chi connectivity index (χ4n) is 5.39. The Labute approximate surface area is 185 Å². The van der Waals surface area contributed by atoms with Gasteiger partial charge in [-0.25, -0.2) is 4.79 Å². The highest BCUT2D eigenvalue weighted by Crippen LogP contribution is 2.39. The normalized spacial score (nSPS) is 24.2. The number of hydrogen-bond donors (Lipinski definition) is 2. The Bertz CT molecular complexity index is 1070. The first-order chi connectivity index (χ1) is 15.4. The molecule has 2 atom stereocenters. The van der Waals surface area contributed by atoms with Gasteiger partial charge >= 0.3 is 5.97 Å². The summed E-state index contributed by atoms with van der Waals surface area (Å²) >= 11 is 0. The number of hydrogen-bond acceptors (Lipinski definition) is 5. The molecule has 3 saturated heterocycles. The van der Waals surface area contributed by atoms with E-state index in [2.05, 4.69) is 4.90 Å². The summed E-state index contributed by atoms with van der Waals surface area (Å²) in [7, 11) is 0. The molecule has 2 N–H and O–H groups in total. The molecule has 2 amide bonds. The van der Waals surface area contributed by atoms with E-state index in [-0.39, 0.29) is 23.4 Å². The van der Waals surface area contributed by atoms with E-state index >= 15 is 0 Å². The van der Waals surface area contributed by atoms with Crippen LogP contribution in [0.1, 0.15) is 37.5 Å². The van der Waals surface area contributed by atoms with Gasteiger partial charge < -0.3 is 20.0 Å². The maximum absolute atomic E-state index is 13.1. The zero-order chi connectivity index (χ0) is 22.5. The number of aliphatic hydroxyl groups is 1. The molecular formula is C24H25N3O5. The molecule has 166 valence electrons. The second kappa shape index (κ2) is 7.72. The minimum atomic E-state index is -1.07. The Kier molecular flexibility index (Phi) is 4.98. The van der Waals surface area contributed by atoms with E-state index < -0.39 is 17.6 Å². The van der Waals surface area contributed by atoms with E-state index in [0.717, 1.165) is 0 Å². The van der Waals surface area contributed by atoms with Gasteiger partial charge in [0.15, 0.2) is 0 Å². The van der Waals surface area contributed by atoms with Crippen molar-refractivity contribution in [2.45, 2.75) is 24.1 Å². The number of carbonyl (C=O) groups is 3. The second-order valence-corrected chi connectivity index (χ2v) is 9.02. The molecule has 5 rings (SSSR count). The molecule has 2 unspecified atom stereocenters. The zero-order valence-corrected chi connectivity index (χ0v) is 17.6. The Hall–Kier alpha value is -3.23. The molecular weight excluding hydrogens is 410 g/mol. The van der Waals surface area contributed by atoms with Gasteiger partial charge in [-0.2, -0.15) is 0 Å². The Morgan fingerprint density at radius 3 is 2.16 bits per heavy atom. The molecule has 3 heterocycles. The van der Waals surface area contributed by atoms with Crippen LogP contribution >= 0.6 is 0 Å². The standard InChI is InChI=1S/C24H25N3O5/c28-20-10-19-11-25(21(29)16-5-2-1-3-6-16)13-24(27(19)12-20)14-26(15-24)22(30)17-7-4-8-18(9-17)23(31)32/h1-9,19-20,28H,10-15H2,(H,31,32). The first kappa shape index (κ1) is 20.7. The van der Waals surface area contributed by atoms with Crippen molar-refractivity contribution in [3.05, 3.63) is 71.3 Å². The molecule has 1 spiro atoms. The lowest BCUT2D eigenvalue weighted by Gasteiger charge is -2.60. The van der Waals surface area contributed by atoms with Crippen molar-refractivity contribution in [1.29, 1.82) is 0 Å². The number of nitrogens with zero attached hydrogens (tertiary/aromatic N) is 3. The van der Waals surface area contributed by atoms with Gasteiger partial charge in [0.2, 0.25) is 0 Å². The summed E-state index contributed by atoms with van der Waals surface area (Å²) in [6.07, 6.45) is 0.162. The monoisotopic (exact) mass is 435 g/mol. The van der Waals surface area contributed by atoms with Crippen LogP contribution in [0.4, 0.5) is 0 Å². The van der Waals surface area contributed by atoms with Crippen LogP contribution in [0.3, 0.4) is 0 Å². The quantitative estimate of drug-likeness (QED) is 0.751. The highest BCUT2D eigenvalue weighted by molar-refractivity contribution is 5.98.